The zero-order valence-corrected chi connectivity index (χ0v) is 14.5. The molecule has 1 aromatic heterocycles. The topological polar surface area (TPSA) is 60.2 Å². The number of hydrazine groups is 1. The van der Waals surface area contributed by atoms with Gasteiger partial charge in [-0.1, -0.05) is 0 Å². The van der Waals surface area contributed by atoms with Crippen LogP contribution in [0.2, 0.25) is 0 Å². The van der Waals surface area contributed by atoms with Crippen molar-refractivity contribution in [3.05, 3.63) is 15.6 Å². The standard InChI is InChI=1S/C15H25N3OS2/c1-10-14(21-11(2)17-10)13(18-16)12-3-6-19-15(9-12)4-7-20-8-5-15/h12-13,18H,3-9,16H2,1-2H3. The summed E-state index contributed by atoms with van der Waals surface area (Å²) >= 11 is 3.83. The van der Waals surface area contributed by atoms with E-state index in [1.165, 1.54) is 29.2 Å². The smallest absolute Gasteiger partial charge is 0.0900 e. The summed E-state index contributed by atoms with van der Waals surface area (Å²) in [4.78, 5) is 5.87. The van der Waals surface area contributed by atoms with Crippen molar-refractivity contribution >= 4 is 23.1 Å². The summed E-state index contributed by atoms with van der Waals surface area (Å²) in [5.74, 6) is 8.92. The minimum absolute atomic E-state index is 0.108. The molecule has 1 aromatic rings. The summed E-state index contributed by atoms with van der Waals surface area (Å²) in [5.41, 5.74) is 4.31. The fourth-order valence-corrected chi connectivity index (χ4v) is 6.02. The van der Waals surface area contributed by atoms with Gasteiger partial charge in [0.1, 0.15) is 0 Å². The number of ether oxygens (including phenoxy) is 1. The average molecular weight is 328 g/mol. The van der Waals surface area contributed by atoms with E-state index < -0.39 is 0 Å². The maximum atomic E-state index is 6.21. The lowest BCUT2D eigenvalue weighted by Crippen LogP contribution is -2.46. The van der Waals surface area contributed by atoms with Crippen molar-refractivity contribution in [1.82, 2.24) is 10.4 Å². The molecule has 3 rings (SSSR count). The fraction of sp³-hybridized carbons (Fsp3) is 0.800. The Morgan fingerprint density at radius 2 is 2.14 bits per heavy atom. The Balaban J connectivity index is 1.78. The normalized spacial score (nSPS) is 26.9. The Labute approximate surface area is 135 Å². The molecular formula is C15H25N3OS2. The van der Waals surface area contributed by atoms with Gasteiger partial charge in [-0.15, -0.1) is 11.3 Å². The van der Waals surface area contributed by atoms with Crippen LogP contribution in [0.25, 0.3) is 0 Å². The van der Waals surface area contributed by atoms with Crippen molar-refractivity contribution in [1.29, 1.82) is 0 Å². The highest BCUT2D eigenvalue weighted by Crippen LogP contribution is 2.44. The third-order valence-corrected chi connectivity index (χ3v) is 6.95. The van der Waals surface area contributed by atoms with E-state index in [-0.39, 0.29) is 11.6 Å². The lowest BCUT2D eigenvalue weighted by molar-refractivity contribution is -0.107. The minimum Gasteiger partial charge on any atom is -0.375 e. The van der Waals surface area contributed by atoms with Crippen LogP contribution in [-0.2, 0) is 4.74 Å². The molecule has 1 spiro atoms. The zero-order chi connectivity index (χ0) is 14.9. The number of rotatable bonds is 3. The molecule has 0 aliphatic carbocycles. The van der Waals surface area contributed by atoms with Crippen LogP contribution in [0.1, 0.15) is 47.3 Å². The molecule has 0 aromatic carbocycles. The van der Waals surface area contributed by atoms with Crippen molar-refractivity contribution in [2.45, 2.75) is 51.2 Å². The molecule has 2 aliphatic rings. The molecule has 3 heterocycles. The second kappa shape index (κ2) is 6.54. The second-order valence-corrected chi connectivity index (χ2v) is 8.68. The van der Waals surface area contributed by atoms with Gasteiger partial charge in [0.15, 0.2) is 0 Å². The minimum atomic E-state index is 0.108. The number of thioether (sulfide) groups is 1. The highest BCUT2D eigenvalue weighted by molar-refractivity contribution is 7.99. The van der Waals surface area contributed by atoms with E-state index in [1.54, 1.807) is 11.3 Å². The van der Waals surface area contributed by atoms with Crippen LogP contribution in [0.15, 0.2) is 0 Å². The van der Waals surface area contributed by atoms with Crippen LogP contribution in [0.5, 0.6) is 0 Å². The molecule has 3 N–H and O–H groups in total. The van der Waals surface area contributed by atoms with Gasteiger partial charge in [0, 0.05) is 11.5 Å². The molecule has 6 heteroatoms. The van der Waals surface area contributed by atoms with Crippen molar-refractivity contribution in [2.75, 3.05) is 18.1 Å². The SMILES string of the molecule is Cc1nc(C)c(C(NN)C2CCOC3(CCSCC3)C2)s1. The summed E-state index contributed by atoms with van der Waals surface area (Å²) in [6.07, 6.45) is 4.58. The van der Waals surface area contributed by atoms with E-state index in [0.717, 1.165) is 30.2 Å². The second-order valence-electron chi connectivity index (χ2n) is 6.22. The molecule has 0 amide bonds. The van der Waals surface area contributed by atoms with Gasteiger partial charge >= 0.3 is 0 Å². The van der Waals surface area contributed by atoms with Gasteiger partial charge in [-0.2, -0.15) is 11.8 Å². The maximum absolute atomic E-state index is 6.21. The van der Waals surface area contributed by atoms with Crippen molar-refractivity contribution in [2.24, 2.45) is 11.8 Å². The molecule has 0 bridgehead atoms. The van der Waals surface area contributed by atoms with Crippen LogP contribution < -0.4 is 11.3 Å². The number of hydrogen-bond acceptors (Lipinski definition) is 6. The average Bonchev–Trinajstić information content (AvgIpc) is 2.80. The first-order valence-corrected chi connectivity index (χ1v) is 9.72. The zero-order valence-electron chi connectivity index (χ0n) is 12.9. The van der Waals surface area contributed by atoms with Gasteiger partial charge in [0.2, 0.25) is 0 Å². The highest BCUT2D eigenvalue weighted by atomic mass is 32.2. The molecule has 4 nitrogen and oxygen atoms in total. The van der Waals surface area contributed by atoms with Gasteiger partial charge < -0.3 is 4.74 Å². The first-order chi connectivity index (χ1) is 10.1. The Kier molecular flexibility index (Phi) is 4.90. The number of nitrogens with two attached hydrogens (primary N) is 1. The Morgan fingerprint density at radius 1 is 1.38 bits per heavy atom. The van der Waals surface area contributed by atoms with Gasteiger partial charge in [0.25, 0.3) is 0 Å². The molecule has 2 aliphatic heterocycles. The van der Waals surface area contributed by atoms with Crippen molar-refractivity contribution in [3.63, 3.8) is 0 Å². The van der Waals surface area contributed by atoms with Crippen molar-refractivity contribution < 1.29 is 4.74 Å². The van der Waals surface area contributed by atoms with Crippen molar-refractivity contribution in [3.8, 4) is 0 Å². The quantitative estimate of drug-likeness (QED) is 0.660. The first kappa shape index (κ1) is 15.7. The van der Waals surface area contributed by atoms with Crippen LogP contribution >= 0.6 is 23.1 Å². The Morgan fingerprint density at radius 3 is 2.76 bits per heavy atom. The van der Waals surface area contributed by atoms with Gasteiger partial charge in [-0.05, 0) is 57.0 Å². The van der Waals surface area contributed by atoms with Crippen LogP contribution in [0, 0.1) is 19.8 Å². The third-order valence-electron chi connectivity index (χ3n) is 4.81. The molecule has 0 radical (unpaired) electrons. The number of aromatic nitrogens is 1. The predicted octanol–water partition coefficient (Wildman–Crippen LogP) is 2.96. The molecule has 0 saturated carbocycles. The Bertz CT molecular complexity index is 480. The number of thiazole rings is 1. The van der Waals surface area contributed by atoms with Crippen LogP contribution in [-0.4, -0.2) is 28.7 Å². The van der Waals surface area contributed by atoms with Crippen LogP contribution in [0.3, 0.4) is 0 Å². The summed E-state index contributed by atoms with van der Waals surface area (Å²) in [6.45, 7) is 5.03. The van der Waals surface area contributed by atoms with Gasteiger partial charge in [-0.3, -0.25) is 11.3 Å². The predicted molar refractivity (Wildman–Crippen MR) is 89.6 cm³/mol. The van der Waals surface area contributed by atoms with Gasteiger partial charge in [0.05, 0.1) is 22.3 Å². The number of nitrogens with zero attached hydrogens (tertiary/aromatic N) is 1. The molecule has 2 saturated heterocycles. The first-order valence-electron chi connectivity index (χ1n) is 7.75. The summed E-state index contributed by atoms with van der Waals surface area (Å²) in [6, 6.07) is 0.214. The molecule has 2 unspecified atom stereocenters. The van der Waals surface area contributed by atoms with E-state index in [2.05, 4.69) is 36.0 Å². The lowest BCUT2D eigenvalue weighted by atomic mass is 9.78. The molecular weight excluding hydrogens is 302 g/mol. The number of aryl methyl sites for hydroxylation is 2. The molecule has 2 atom stereocenters. The third kappa shape index (κ3) is 3.29. The lowest BCUT2D eigenvalue weighted by Gasteiger charge is -2.45. The van der Waals surface area contributed by atoms with E-state index >= 15 is 0 Å². The molecule has 2 fully saturated rings. The molecule has 118 valence electrons. The monoisotopic (exact) mass is 327 g/mol. The Hall–Kier alpha value is -0.140. The van der Waals surface area contributed by atoms with Gasteiger partial charge in [-0.25, -0.2) is 4.98 Å². The number of hydrogen-bond donors (Lipinski definition) is 2. The summed E-state index contributed by atoms with van der Waals surface area (Å²) in [5, 5.41) is 1.12. The number of nitrogens with one attached hydrogen (secondary N) is 1. The van der Waals surface area contributed by atoms with E-state index in [1.807, 2.05) is 0 Å². The summed E-state index contributed by atoms with van der Waals surface area (Å²) in [7, 11) is 0. The molecule has 21 heavy (non-hydrogen) atoms. The largest absolute Gasteiger partial charge is 0.375 e. The fourth-order valence-electron chi connectivity index (χ4n) is 3.70. The summed E-state index contributed by atoms with van der Waals surface area (Å²) < 4.78 is 6.21. The van der Waals surface area contributed by atoms with Crippen LogP contribution in [0.4, 0.5) is 0 Å². The van der Waals surface area contributed by atoms with E-state index in [4.69, 9.17) is 10.6 Å². The highest BCUT2D eigenvalue weighted by Gasteiger charge is 2.41. The van der Waals surface area contributed by atoms with E-state index in [0.29, 0.717) is 5.92 Å². The maximum Gasteiger partial charge on any atom is 0.0900 e. The van der Waals surface area contributed by atoms with E-state index in [9.17, 15) is 0 Å².